The van der Waals surface area contributed by atoms with Gasteiger partial charge in [0.2, 0.25) is 0 Å². The van der Waals surface area contributed by atoms with Gasteiger partial charge in [-0.2, -0.15) is 0 Å². The first kappa shape index (κ1) is 21.0. The Bertz CT molecular complexity index is 1390. The molecule has 3 aromatic carbocycles. The molecular formula is C28H19ClFNO3. The summed E-state index contributed by atoms with van der Waals surface area (Å²) < 4.78 is 13.9. The number of nitrogens with zero attached hydrogens (tertiary/aromatic N) is 1. The van der Waals surface area contributed by atoms with Crippen LogP contribution in [0.25, 0.3) is 6.08 Å². The summed E-state index contributed by atoms with van der Waals surface area (Å²) in [7, 11) is 0. The maximum atomic E-state index is 14.2. The molecule has 0 N–H and O–H groups in total. The molecule has 3 atom stereocenters. The number of Topliss-reactive ketones (excluding diaryl/α,β-unsaturated/α-hetero) is 3. The molecule has 3 unspecified atom stereocenters. The van der Waals surface area contributed by atoms with E-state index in [2.05, 4.69) is 0 Å². The molecule has 34 heavy (non-hydrogen) atoms. The Balaban J connectivity index is 1.68. The van der Waals surface area contributed by atoms with Crippen LogP contribution in [0.4, 0.5) is 10.1 Å². The Morgan fingerprint density at radius 1 is 0.971 bits per heavy atom. The summed E-state index contributed by atoms with van der Waals surface area (Å²) >= 11 is 6.22. The zero-order chi connectivity index (χ0) is 23.8. The van der Waals surface area contributed by atoms with Crippen molar-refractivity contribution in [2.24, 2.45) is 5.41 Å². The fraction of sp³-hybridized carbons (Fsp3) is 0.179. The number of hydrogen-bond donors (Lipinski definition) is 0. The van der Waals surface area contributed by atoms with E-state index in [0.717, 1.165) is 11.3 Å². The van der Waals surface area contributed by atoms with E-state index < -0.39 is 29.2 Å². The lowest BCUT2D eigenvalue weighted by Crippen LogP contribution is -2.48. The quantitative estimate of drug-likeness (QED) is 0.463. The van der Waals surface area contributed by atoms with Gasteiger partial charge in [-0.15, -0.1) is 0 Å². The van der Waals surface area contributed by atoms with E-state index in [9.17, 15) is 18.8 Å². The molecule has 0 bridgehead atoms. The fourth-order valence-corrected chi connectivity index (χ4v) is 6.32. The highest BCUT2D eigenvalue weighted by molar-refractivity contribution is 6.32. The predicted octanol–water partition coefficient (Wildman–Crippen LogP) is 5.50. The van der Waals surface area contributed by atoms with Gasteiger partial charge in [-0.1, -0.05) is 60.2 Å². The molecular weight excluding hydrogens is 453 g/mol. The first-order chi connectivity index (χ1) is 16.4. The number of anilines is 1. The molecule has 6 heteroatoms. The molecule has 1 spiro atoms. The van der Waals surface area contributed by atoms with Gasteiger partial charge < -0.3 is 4.90 Å². The van der Waals surface area contributed by atoms with E-state index in [1.54, 1.807) is 48.5 Å². The minimum absolute atomic E-state index is 0.177. The highest BCUT2D eigenvalue weighted by Gasteiger charge is 2.71. The largest absolute Gasteiger partial charge is 0.352 e. The smallest absolute Gasteiger partial charge is 0.180 e. The van der Waals surface area contributed by atoms with Crippen LogP contribution in [0.1, 0.15) is 44.7 Å². The molecule has 3 aliphatic rings. The molecule has 168 valence electrons. The number of ketones is 3. The van der Waals surface area contributed by atoms with Gasteiger partial charge >= 0.3 is 0 Å². The van der Waals surface area contributed by atoms with E-state index in [0.29, 0.717) is 21.7 Å². The first-order valence-electron chi connectivity index (χ1n) is 11.1. The van der Waals surface area contributed by atoms with Crippen molar-refractivity contribution < 1.29 is 18.8 Å². The Hall–Kier alpha value is -3.57. The van der Waals surface area contributed by atoms with Gasteiger partial charge in [0, 0.05) is 27.8 Å². The molecule has 2 heterocycles. The van der Waals surface area contributed by atoms with Crippen molar-refractivity contribution in [1.82, 2.24) is 0 Å². The SMILES string of the molecule is CC(=O)C1C(c2ccc(F)cc2)C2(C(=O)c3ccccc3C2=O)C2C=Cc3cc(Cl)ccc3N12. The average Bonchev–Trinajstić information content (AvgIpc) is 3.26. The van der Waals surface area contributed by atoms with Crippen LogP contribution in [-0.4, -0.2) is 29.4 Å². The van der Waals surface area contributed by atoms with Crippen LogP contribution >= 0.6 is 11.6 Å². The third kappa shape index (κ3) is 2.56. The van der Waals surface area contributed by atoms with Crippen LogP contribution in [0.15, 0.2) is 72.8 Å². The first-order valence-corrected chi connectivity index (χ1v) is 11.4. The van der Waals surface area contributed by atoms with Crippen LogP contribution in [0.3, 0.4) is 0 Å². The van der Waals surface area contributed by atoms with Crippen molar-refractivity contribution in [3.05, 3.63) is 106 Å². The zero-order valence-electron chi connectivity index (χ0n) is 18.2. The number of halogens is 2. The lowest BCUT2D eigenvalue weighted by atomic mass is 9.64. The summed E-state index contributed by atoms with van der Waals surface area (Å²) in [6, 6.07) is 16.4. The van der Waals surface area contributed by atoms with E-state index in [4.69, 9.17) is 11.6 Å². The maximum absolute atomic E-state index is 14.2. The lowest BCUT2D eigenvalue weighted by Gasteiger charge is -2.37. The van der Waals surface area contributed by atoms with Crippen molar-refractivity contribution in [2.75, 3.05) is 4.90 Å². The Morgan fingerprint density at radius 3 is 2.24 bits per heavy atom. The molecule has 0 saturated carbocycles. The summed E-state index contributed by atoms with van der Waals surface area (Å²) in [5.74, 6) is -2.01. The summed E-state index contributed by atoms with van der Waals surface area (Å²) in [4.78, 5) is 43.5. The third-order valence-electron chi connectivity index (χ3n) is 7.41. The van der Waals surface area contributed by atoms with Gasteiger partial charge in [-0.25, -0.2) is 4.39 Å². The number of carbonyl (C=O) groups is 3. The lowest BCUT2D eigenvalue weighted by molar-refractivity contribution is -0.118. The van der Waals surface area contributed by atoms with E-state index >= 15 is 0 Å². The van der Waals surface area contributed by atoms with Gasteiger partial charge in [-0.05, 0) is 48.4 Å². The van der Waals surface area contributed by atoms with E-state index in [-0.39, 0.29) is 17.3 Å². The Labute approximate surface area is 200 Å². The molecule has 2 aliphatic heterocycles. The van der Waals surface area contributed by atoms with Gasteiger partial charge in [0.25, 0.3) is 0 Å². The number of hydrogen-bond acceptors (Lipinski definition) is 4. The van der Waals surface area contributed by atoms with Crippen LogP contribution in [0, 0.1) is 11.2 Å². The molecule has 0 aromatic heterocycles. The van der Waals surface area contributed by atoms with Crippen LogP contribution < -0.4 is 4.90 Å². The fourth-order valence-electron chi connectivity index (χ4n) is 6.14. The third-order valence-corrected chi connectivity index (χ3v) is 7.65. The van der Waals surface area contributed by atoms with Crippen molar-refractivity contribution in [3.8, 4) is 0 Å². The summed E-state index contributed by atoms with van der Waals surface area (Å²) in [5.41, 5.74) is 1.29. The highest BCUT2D eigenvalue weighted by Crippen LogP contribution is 2.60. The van der Waals surface area contributed by atoms with Crippen molar-refractivity contribution in [1.29, 1.82) is 0 Å². The van der Waals surface area contributed by atoms with Gasteiger partial charge in [-0.3, -0.25) is 14.4 Å². The van der Waals surface area contributed by atoms with Crippen molar-refractivity contribution >= 4 is 40.7 Å². The Morgan fingerprint density at radius 2 is 1.62 bits per heavy atom. The number of carbonyl (C=O) groups excluding carboxylic acids is 3. The Kier molecular flexibility index (Phi) is 4.45. The summed E-state index contributed by atoms with van der Waals surface area (Å²) in [6.07, 6.45) is 3.69. The molecule has 3 aromatic rings. The minimum atomic E-state index is -1.55. The standard InChI is InChI=1S/C28H19ClFNO3/c1-15(32)25-24(16-6-10-19(30)11-7-16)28(26(33)20-4-2-3-5-21(20)27(28)34)23-13-8-17-14-18(29)9-12-22(17)31(23)25/h2-14,23-25H,1H3. The maximum Gasteiger partial charge on any atom is 0.180 e. The van der Waals surface area contributed by atoms with Gasteiger partial charge in [0.15, 0.2) is 17.3 Å². The molecule has 1 fully saturated rings. The van der Waals surface area contributed by atoms with E-state index in [1.807, 2.05) is 23.1 Å². The van der Waals surface area contributed by atoms with Crippen LogP contribution in [0.2, 0.25) is 5.02 Å². The highest BCUT2D eigenvalue weighted by atomic mass is 35.5. The zero-order valence-corrected chi connectivity index (χ0v) is 18.9. The van der Waals surface area contributed by atoms with Gasteiger partial charge in [0.1, 0.15) is 11.2 Å². The molecule has 1 aliphatic carbocycles. The van der Waals surface area contributed by atoms with Crippen LogP contribution in [0.5, 0.6) is 0 Å². The van der Waals surface area contributed by atoms with E-state index in [1.165, 1.54) is 19.1 Å². The molecule has 6 rings (SSSR count). The normalized spacial score (nSPS) is 23.7. The van der Waals surface area contributed by atoms with Crippen LogP contribution in [-0.2, 0) is 4.79 Å². The molecule has 1 saturated heterocycles. The van der Waals surface area contributed by atoms with Crippen molar-refractivity contribution in [2.45, 2.75) is 24.9 Å². The van der Waals surface area contributed by atoms with Crippen molar-refractivity contribution in [3.63, 3.8) is 0 Å². The average molecular weight is 472 g/mol. The second kappa shape index (κ2) is 7.21. The van der Waals surface area contributed by atoms with Gasteiger partial charge in [0.05, 0.1) is 12.1 Å². The number of benzene rings is 3. The number of fused-ring (bicyclic) bond motifs is 5. The second-order valence-electron chi connectivity index (χ2n) is 9.07. The molecule has 4 nitrogen and oxygen atoms in total. The summed E-state index contributed by atoms with van der Waals surface area (Å²) in [5, 5.41) is 0.547. The minimum Gasteiger partial charge on any atom is -0.352 e. The topological polar surface area (TPSA) is 54.5 Å². The molecule has 0 amide bonds. The number of rotatable bonds is 2. The predicted molar refractivity (Wildman–Crippen MR) is 128 cm³/mol. The monoisotopic (exact) mass is 471 g/mol. The molecule has 0 radical (unpaired) electrons. The summed E-state index contributed by atoms with van der Waals surface area (Å²) in [6.45, 7) is 1.47. The second-order valence-corrected chi connectivity index (χ2v) is 9.51.